The number of aromatic hydroxyl groups is 1. The Hall–Kier alpha value is -2.85. The molecule has 2 aromatic rings. The molecule has 3 N–H and O–H groups in total. The van der Waals surface area contributed by atoms with E-state index in [0.717, 1.165) is 20.5 Å². The summed E-state index contributed by atoms with van der Waals surface area (Å²) in [5, 5.41) is 32.1. The van der Waals surface area contributed by atoms with Gasteiger partial charge in [-0.2, -0.15) is 0 Å². The number of phenols is 1. The standard InChI is InChI=1S/C28H31BrN2O6/c1-31-27(35)20-13-18(15-37-2)25(21(14-32)26(20)28(31)36)24(34)8-6-16(22-5-3-4-10-30-22)11-17-12-19(29)7-9-23(17)33/h3-5,7,9-12,20-21,24,26,32-34H,6,8,13-15H2,1-2H3/b16-11-/t20-,21+,24-,26-/m1/s1. The number of imide groups is 1. The number of likely N-dealkylation sites (tertiary alicyclic amines) is 1. The van der Waals surface area contributed by atoms with Crippen LogP contribution < -0.4 is 0 Å². The van der Waals surface area contributed by atoms with E-state index >= 15 is 0 Å². The van der Waals surface area contributed by atoms with Gasteiger partial charge in [0.1, 0.15) is 5.75 Å². The van der Waals surface area contributed by atoms with Crippen LogP contribution in [-0.2, 0) is 14.3 Å². The molecule has 4 atom stereocenters. The van der Waals surface area contributed by atoms with E-state index in [9.17, 15) is 24.9 Å². The van der Waals surface area contributed by atoms with Gasteiger partial charge in [-0.05, 0) is 72.4 Å². The summed E-state index contributed by atoms with van der Waals surface area (Å²) < 4.78 is 6.19. The summed E-state index contributed by atoms with van der Waals surface area (Å²) in [6.07, 6.45) is 3.56. The summed E-state index contributed by atoms with van der Waals surface area (Å²) in [4.78, 5) is 31.2. The molecule has 0 radical (unpaired) electrons. The highest BCUT2D eigenvalue weighted by Gasteiger charge is 2.53. The minimum atomic E-state index is -0.972. The molecule has 9 heteroatoms. The average Bonchev–Trinajstić information content (AvgIpc) is 3.11. The second-order valence-electron chi connectivity index (χ2n) is 9.50. The van der Waals surface area contributed by atoms with Gasteiger partial charge < -0.3 is 20.1 Å². The zero-order valence-electron chi connectivity index (χ0n) is 20.8. The highest BCUT2D eigenvalue weighted by Crippen LogP contribution is 2.46. The molecule has 1 aliphatic heterocycles. The fourth-order valence-electron chi connectivity index (χ4n) is 5.53. The molecule has 2 aliphatic rings. The van der Waals surface area contributed by atoms with Crippen LogP contribution in [0.4, 0.5) is 0 Å². The number of hydrogen-bond donors (Lipinski definition) is 3. The summed E-state index contributed by atoms with van der Waals surface area (Å²) in [6, 6.07) is 10.7. The van der Waals surface area contributed by atoms with Crippen molar-refractivity contribution < 1.29 is 29.6 Å². The molecule has 2 amide bonds. The number of aliphatic hydroxyl groups excluding tert-OH is 2. The minimum absolute atomic E-state index is 0.120. The molecule has 1 aromatic heterocycles. The van der Waals surface area contributed by atoms with Crippen molar-refractivity contribution >= 4 is 39.4 Å². The van der Waals surface area contributed by atoms with Crippen LogP contribution in [0.3, 0.4) is 0 Å². The molecule has 1 aliphatic carbocycles. The van der Waals surface area contributed by atoms with Crippen molar-refractivity contribution in [3.05, 3.63) is 69.5 Å². The number of phenolic OH excluding ortho intramolecular Hbond substituents is 1. The van der Waals surface area contributed by atoms with Gasteiger partial charge in [-0.3, -0.25) is 19.5 Å². The predicted octanol–water partition coefficient (Wildman–Crippen LogP) is 3.42. The van der Waals surface area contributed by atoms with Gasteiger partial charge in [0.05, 0.1) is 36.8 Å². The van der Waals surface area contributed by atoms with Crippen LogP contribution in [0.25, 0.3) is 11.6 Å². The molecular weight excluding hydrogens is 540 g/mol. The van der Waals surface area contributed by atoms with Crippen molar-refractivity contribution in [3.8, 4) is 5.75 Å². The number of amides is 2. The number of carbonyl (C=O) groups is 2. The molecule has 1 aromatic carbocycles. The summed E-state index contributed by atoms with van der Waals surface area (Å²) in [7, 11) is 3.00. The van der Waals surface area contributed by atoms with Crippen LogP contribution in [0.2, 0.25) is 0 Å². The zero-order valence-corrected chi connectivity index (χ0v) is 22.4. The summed E-state index contributed by atoms with van der Waals surface area (Å²) >= 11 is 3.44. The van der Waals surface area contributed by atoms with Crippen molar-refractivity contribution in [3.63, 3.8) is 0 Å². The number of ether oxygens (including phenoxy) is 1. The van der Waals surface area contributed by atoms with Gasteiger partial charge in [0.2, 0.25) is 11.8 Å². The Labute approximate surface area is 224 Å². The normalized spacial score (nSPS) is 23.0. The first kappa shape index (κ1) is 27.2. The number of allylic oxidation sites excluding steroid dienone is 1. The van der Waals surface area contributed by atoms with E-state index in [1.165, 1.54) is 14.2 Å². The van der Waals surface area contributed by atoms with E-state index < -0.39 is 23.9 Å². The van der Waals surface area contributed by atoms with Crippen molar-refractivity contribution in [1.29, 1.82) is 0 Å². The molecule has 4 rings (SSSR count). The molecule has 2 heterocycles. The number of halogens is 1. The third kappa shape index (κ3) is 5.55. The third-order valence-electron chi connectivity index (χ3n) is 7.28. The fourth-order valence-corrected chi connectivity index (χ4v) is 5.91. The van der Waals surface area contributed by atoms with Crippen molar-refractivity contribution in [2.24, 2.45) is 17.8 Å². The lowest BCUT2D eigenvalue weighted by molar-refractivity contribution is -0.138. The smallest absolute Gasteiger partial charge is 0.233 e. The molecule has 1 fully saturated rings. The van der Waals surface area contributed by atoms with E-state index in [4.69, 9.17) is 4.74 Å². The van der Waals surface area contributed by atoms with Crippen molar-refractivity contribution in [2.45, 2.75) is 25.4 Å². The number of rotatable bonds is 9. The van der Waals surface area contributed by atoms with E-state index in [-0.39, 0.29) is 37.2 Å². The van der Waals surface area contributed by atoms with Gasteiger partial charge in [0, 0.05) is 36.3 Å². The average molecular weight is 571 g/mol. The number of carbonyl (C=O) groups excluding carboxylic acids is 2. The fraction of sp³-hybridized carbons (Fsp3) is 0.393. The second-order valence-corrected chi connectivity index (χ2v) is 10.4. The number of methoxy groups -OCH3 is 1. The summed E-state index contributed by atoms with van der Waals surface area (Å²) in [5.41, 5.74) is 3.45. The second kappa shape index (κ2) is 11.7. The topological polar surface area (TPSA) is 120 Å². The maximum absolute atomic E-state index is 12.9. The number of aliphatic hydroxyl groups is 2. The Bertz CT molecular complexity index is 1230. The van der Waals surface area contributed by atoms with Gasteiger partial charge in [-0.1, -0.05) is 22.0 Å². The lowest BCUT2D eigenvalue weighted by Crippen LogP contribution is -2.39. The molecule has 0 spiro atoms. The van der Waals surface area contributed by atoms with Crippen LogP contribution in [0, 0.1) is 17.8 Å². The third-order valence-corrected chi connectivity index (χ3v) is 7.77. The van der Waals surface area contributed by atoms with Gasteiger partial charge in [-0.15, -0.1) is 0 Å². The lowest BCUT2D eigenvalue weighted by atomic mass is 9.68. The number of fused-ring (bicyclic) bond motifs is 1. The van der Waals surface area contributed by atoms with Gasteiger partial charge in [0.15, 0.2) is 0 Å². The van der Waals surface area contributed by atoms with Crippen molar-refractivity contribution in [1.82, 2.24) is 9.88 Å². The molecular formula is C28H31BrN2O6. The minimum Gasteiger partial charge on any atom is -0.507 e. The first-order valence-electron chi connectivity index (χ1n) is 12.2. The maximum atomic E-state index is 12.9. The number of aromatic nitrogens is 1. The SMILES string of the molecule is COCC1=C([C@H](O)CC/C(=C/c2cc(Br)ccc2O)c2ccccn2)[C@H](CO)[C@@H]2C(=O)N(C)C(=O)[C@@H]2C1. The quantitative estimate of drug-likeness (QED) is 0.312. The predicted molar refractivity (Wildman–Crippen MR) is 142 cm³/mol. The van der Waals surface area contributed by atoms with Crippen LogP contribution in [-0.4, -0.2) is 70.5 Å². The Balaban J connectivity index is 1.66. The van der Waals surface area contributed by atoms with E-state index in [1.807, 2.05) is 24.3 Å². The van der Waals surface area contributed by atoms with Crippen molar-refractivity contribution in [2.75, 3.05) is 27.4 Å². The number of pyridine rings is 1. The van der Waals surface area contributed by atoms with Gasteiger partial charge >= 0.3 is 0 Å². The molecule has 0 bridgehead atoms. The first-order chi connectivity index (χ1) is 17.8. The molecule has 0 unspecified atom stereocenters. The number of nitrogens with zero attached hydrogens (tertiary/aromatic N) is 2. The monoisotopic (exact) mass is 570 g/mol. The van der Waals surface area contributed by atoms with Crippen LogP contribution in [0.1, 0.15) is 30.5 Å². The first-order valence-corrected chi connectivity index (χ1v) is 13.0. The van der Waals surface area contributed by atoms with Crippen LogP contribution in [0.15, 0.2) is 58.2 Å². The molecule has 37 heavy (non-hydrogen) atoms. The van der Waals surface area contributed by atoms with E-state index in [1.54, 1.807) is 24.4 Å². The zero-order chi connectivity index (χ0) is 26.7. The van der Waals surface area contributed by atoms with Gasteiger partial charge in [-0.25, -0.2) is 0 Å². The Morgan fingerprint density at radius 1 is 1.27 bits per heavy atom. The largest absolute Gasteiger partial charge is 0.507 e. The maximum Gasteiger partial charge on any atom is 0.233 e. The molecule has 1 saturated heterocycles. The molecule has 8 nitrogen and oxygen atoms in total. The summed E-state index contributed by atoms with van der Waals surface area (Å²) in [6.45, 7) is -0.158. The molecule has 196 valence electrons. The molecule has 0 saturated carbocycles. The number of benzene rings is 1. The van der Waals surface area contributed by atoms with E-state index in [0.29, 0.717) is 29.7 Å². The van der Waals surface area contributed by atoms with Crippen LogP contribution >= 0.6 is 15.9 Å². The summed E-state index contributed by atoms with van der Waals surface area (Å²) in [5.74, 6) is -2.39. The Morgan fingerprint density at radius 3 is 2.73 bits per heavy atom. The number of hydrogen-bond acceptors (Lipinski definition) is 7. The Kier molecular flexibility index (Phi) is 8.59. The highest BCUT2D eigenvalue weighted by molar-refractivity contribution is 9.10. The lowest BCUT2D eigenvalue weighted by Gasteiger charge is -2.36. The van der Waals surface area contributed by atoms with E-state index in [2.05, 4.69) is 20.9 Å². The highest BCUT2D eigenvalue weighted by atomic mass is 79.9. The van der Waals surface area contributed by atoms with Gasteiger partial charge in [0.25, 0.3) is 0 Å². The Morgan fingerprint density at radius 2 is 2.05 bits per heavy atom. The van der Waals surface area contributed by atoms with Crippen LogP contribution in [0.5, 0.6) is 5.75 Å².